The van der Waals surface area contributed by atoms with Gasteiger partial charge in [-0.25, -0.2) is 9.36 Å². The Morgan fingerprint density at radius 3 is 2.16 bits per heavy atom. The smallest absolute Gasteiger partial charge is 0.456 e. The first-order valence-electron chi connectivity index (χ1n) is 9.31. The van der Waals surface area contributed by atoms with E-state index in [-0.39, 0.29) is 6.42 Å². The zero-order valence-corrected chi connectivity index (χ0v) is 18.0. The number of terminal acetylenes is 1. The lowest BCUT2D eigenvalue weighted by molar-refractivity contribution is -0.158. The van der Waals surface area contributed by atoms with Gasteiger partial charge in [0.05, 0.1) is 6.61 Å². The Bertz CT molecular complexity index is 925. The van der Waals surface area contributed by atoms with E-state index in [9.17, 15) is 14.2 Å². The van der Waals surface area contributed by atoms with Gasteiger partial charge in [-0.1, -0.05) is 32.6 Å². The van der Waals surface area contributed by atoms with Crippen molar-refractivity contribution < 1.29 is 37.9 Å². The minimum absolute atomic E-state index is 0.131. The molecule has 164 valence electrons. The van der Waals surface area contributed by atoms with E-state index in [4.69, 9.17) is 25.7 Å². The number of rotatable bonds is 12. The van der Waals surface area contributed by atoms with Gasteiger partial charge in [-0.05, 0) is 53.8 Å². The van der Waals surface area contributed by atoms with Gasteiger partial charge < -0.3 is 19.3 Å². The van der Waals surface area contributed by atoms with Gasteiger partial charge in [0.25, 0.3) is 0 Å². The van der Waals surface area contributed by atoms with Crippen LogP contribution in [0.2, 0.25) is 0 Å². The molecule has 8 nitrogen and oxygen atoms in total. The molecule has 0 aromatic rings. The Hall–Kier alpha value is -3.15. The number of hydrogen-bond donors (Lipinski definition) is 2. The van der Waals surface area contributed by atoms with Crippen LogP contribution >= 0.6 is 7.82 Å². The molecule has 0 saturated heterocycles. The SMILES string of the molecule is C#CC#CC#CC#CC#CC(=O)OC[C@@H](COP(=O)(O)O)OC(=O)CCCCCCC. The fourth-order valence-corrected chi connectivity index (χ4v) is 2.25. The number of unbranched alkanes of at least 4 members (excludes halogenated alkanes) is 4. The second-order valence-electron chi connectivity index (χ2n) is 5.81. The first-order valence-corrected chi connectivity index (χ1v) is 10.8. The van der Waals surface area contributed by atoms with E-state index in [0.717, 1.165) is 25.7 Å². The van der Waals surface area contributed by atoms with E-state index < -0.39 is 39.1 Å². The van der Waals surface area contributed by atoms with Crippen LogP contribution in [0.5, 0.6) is 0 Å². The Morgan fingerprint density at radius 1 is 0.935 bits per heavy atom. The molecule has 0 heterocycles. The average Bonchev–Trinajstić information content (AvgIpc) is 2.71. The van der Waals surface area contributed by atoms with Gasteiger partial charge in [0.15, 0.2) is 6.10 Å². The topological polar surface area (TPSA) is 119 Å². The molecule has 0 saturated carbocycles. The maximum atomic E-state index is 11.9. The predicted octanol–water partition coefficient (Wildman–Crippen LogP) is 1.56. The second-order valence-corrected chi connectivity index (χ2v) is 7.04. The summed E-state index contributed by atoms with van der Waals surface area (Å²) in [5, 5.41) is 0. The molecule has 0 aromatic carbocycles. The summed E-state index contributed by atoms with van der Waals surface area (Å²) in [5.74, 6) is 18.6. The third-order valence-electron chi connectivity index (χ3n) is 3.22. The van der Waals surface area contributed by atoms with Gasteiger partial charge in [0.1, 0.15) is 6.61 Å². The number of hydrogen-bond acceptors (Lipinski definition) is 6. The maximum absolute atomic E-state index is 11.9. The molecule has 0 bridgehead atoms. The summed E-state index contributed by atoms with van der Waals surface area (Å²) < 4.78 is 25.1. The monoisotopic (exact) mass is 446 g/mol. The summed E-state index contributed by atoms with van der Waals surface area (Å²) in [7, 11) is -4.79. The molecule has 9 heteroatoms. The van der Waals surface area contributed by atoms with E-state index >= 15 is 0 Å². The minimum atomic E-state index is -4.79. The highest BCUT2D eigenvalue weighted by atomic mass is 31.2. The van der Waals surface area contributed by atoms with E-state index in [1.807, 2.05) is 0 Å². The molecular weight excluding hydrogens is 423 g/mol. The Labute approximate surface area is 182 Å². The highest BCUT2D eigenvalue weighted by Crippen LogP contribution is 2.35. The van der Waals surface area contributed by atoms with Gasteiger partial charge in [0, 0.05) is 12.3 Å². The zero-order chi connectivity index (χ0) is 23.4. The van der Waals surface area contributed by atoms with Crippen LogP contribution in [-0.2, 0) is 28.2 Å². The van der Waals surface area contributed by atoms with E-state index in [0.29, 0.717) is 6.42 Å². The quantitative estimate of drug-likeness (QED) is 0.152. The zero-order valence-electron chi connectivity index (χ0n) is 17.1. The normalized spacial score (nSPS) is 10.1. The number of carbonyl (C=O) groups excluding carboxylic acids is 2. The van der Waals surface area contributed by atoms with Crippen molar-refractivity contribution in [3.8, 4) is 59.7 Å². The van der Waals surface area contributed by atoms with E-state index in [2.05, 4.69) is 64.7 Å². The predicted molar refractivity (Wildman–Crippen MR) is 112 cm³/mol. The average molecular weight is 446 g/mol. The molecule has 0 spiro atoms. The van der Waals surface area contributed by atoms with Gasteiger partial charge in [-0.2, -0.15) is 0 Å². The van der Waals surface area contributed by atoms with Crippen LogP contribution in [0.4, 0.5) is 0 Å². The van der Waals surface area contributed by atoms with Gasteiger partial charge >= 0.3 is 19.8 Å². The van der Waals surface area contributed by atoms with Crippen molar-refractivity contribution in [2.75, 3.05) is 13.2 Å². The van der Waals surface area contributed by atoms with Crippen LogP contribution in [0.1, 0.15) is 45.4 Å². The van der Waals surface area contributed by atoms with Crippen molar-refractivity contribution in [2.45, 2.75) is 51.6 Å². The molecule has 0 aliphatic rings. The highest BCUT2D eigenvalue weighted by Gasteiger charge is 2.22. The summed E-state index contributed by atoms with van der Waals surface area (Å²) in [6.07, 6.45) is 8.45. The van der Waals surface area contributed by atoms with Crippen molar-refractivity contribution in [3.63, 3.8) is 0 Å². The first-order chi connectivity index (χ1) is 14.8. The van der Waals surface area contributed by atoms with Crippen molar-refractivity contribution in [1.82, 2.24) is 0 Å². The lowest BCUT2D eigenvalue weighted by Crippen LogP contribution is -2.29. The van der Waals surface area contributed by atoms with Crippen LogP contribution in [0.3, 0.4) is 0 Å². The molecule has 0 amide bonds. The van der Waals surface area contributed by atoms with Crippen molar-refractivity contribution in [3.05, 3.63) is 0 Å². The molecule has 0 fully saturated rings. The van der Waals surface area contributed by atoms with Crippen LogP contribution in [-0.4, -0.2) is 41.0 Å². The summed E-state index contributed by atoms with van der Waals surface area (Å²) in [4.78, 5) is 41.1. The Kier molecular flexibility index (Phi) is 15.9. The van der Waals surface area contributed by atoms with E-state index in [1.165, 1.54) is 0 Å². The summed E-state index contributed by atoms with van der Waals surface area (Å²) >= 11 is 0. The molecule has 31 heavy (non-hydrogen) atoms. The summed E-state index contributed by atoms with van der Waals surface area (Å²) in [6, 6.07) is 0. The van der Waals surface area contributed by atoms with Crippen LogP contribution in [0, 0.1) is 59.7 Å². The van der Waals surface area contributed by atoms with Crippen molar-refractivity contribution in [2.24, 2.45) is 0 Å². The Balaban J connectivity index is 4.64. The summed E-state index contributed by atoms with van der Waals surface area (Å²) in [6.45, 7) is 0.925. The molecule has 1 atom stereocenters. The Morgan fingerprint density at radius 2 is 1.55 bits per heavy atom. The minimum Gasteiger partial charge on any atom is -0.456 e. The fourth-order valence-electron chi connectivity index (χ4n) is 1.89. The standard InChI is InChI=1S/C22H23O8P/c1-3-5-7-9-10-11-13-14-16-21(23)28-18-20(19-29-31(25,26)27)30-22(24)17-15-12-8-6-4-2/h1,20H,4,6,8,12,15,17-19H2,2H3,(H2,25,26,27)/t20-/m0/s1. The number of ether oxygens (including phenoxy) is 2. The van der Waals surface area contributed by atoms with Crippen molar-refractivity contribution in [1.29, 1.82) is 0 Å². The van der Waals surface area contributed by atoms with Crippen LogP contribution in [0.15, 0.2) is 0 Å². The third kappa shape index (κ3) is 19.9. The molecule has 0 unspecified atom stereocenters. The first kappa shape index (κ1) is 27.8. The number of esters is 2. The molecule has 0 radical (unpaired) electrons. The number of phosphoric acid groups is 1. The van der Waals surface area contributed by atoms with E-state index in [1.54, 1.807) is 0 Å². The largest absolute Gasteiger partial charge is 0.469 e. The fraction of sp³-hybridized carbons (Fsp3) is 0.455. The van der Waals surface area contributed by atoms with Gasteiger partial charge in [0.2, 0.25) is 0 Å². The molecule has 0 aromatic heterocycles. The maximum Gasteiger partial charge on any atom is 0.469 e. The second kappa shape index (κ2) is 17.7. The lowest BCUT2D eigenvalue weighted by Gasteiger charge is -2.17. The lowest BCUT2D eigenvalue weighted by atomic mass is 10.1. The highest BCUT2D eigenvalue weighted by molar-refractivity contribution is 7.46. The van der Waals surface area contributed by atoms with Gasteiger partial charge in [-0.15, -0.1) is 6.42 Å². The van der Waals surface area contributed by atoms with Crippen LogP contribution in [0.25, 0.3) is 0 Å². The molecule has 0 rings (SSSR count). The molecule has 0 aliphatic carbocycles. The number of phosphoric ester groups is 1. The summed E-state index contributed by atoms with van der Waals surface area (Å²) in [5.41, 5.74) is 0. The van der Waals surface area contributed by atoms with Crippen molar-refractivity contribution >= 4 is 19.8 Å². The van der Waals surface area contributed by atoms with Gasteiger partial charge in [-0.3, -0.25) is 9.32 Å². The molecule has 2 N–H and O–H groups in total. The molecular formula is C22H23O8P. The molecule has 0 aliphatic heterocycles. The number of carbonyl (C=O) groups is 2. The third-order valence-corrected chi connectivity index (χ3v) is 3.71. The van der Waals surface area contributed by atoms with Crippen LogP contribution < -0.4 is 0 Å².